The number of methoxy groups -OCH3 is 3. The maximum Gasteiger partial charge on any atom is 0.508 e. The summed E-state index contributed by atoms with van der Waals surface area (Å²) in [6, 6.07) is 0. The van der Waals surface area contributed by atoms with Crippen LogP contribution in [0, 0.1) is 47.3 Å². The van der Waals surface area contributed by atoms with Crippen molar-refractivity contribution < 1.29 is 71.4 Å². The van der Waals surface area contributed by atoms with Crippen LogP contribution in [0.4, 0.5) is 9.59 Å². The summed E-state index contributed by atoms with van der Waals surface area (Å²) in [6.45, 7) is 4.42. The third-order valence-corrected chi connectivity index (χ3v) is 14.8. The molecule has 0 saturated heterocycles. The van der Waals surface area contributed by atoms with Crippen molar-refractivity contribution in [1.29, 1.82) is 0 Å². The van der Waals surface area contributed by atoms with Crippen molar-refractivity contribution >= 4 is 36.2 Å². The summed E-state index contributed by atoms with van der Waals surface area (Å²) < 4.78 is 47.6. The zero-order chi connectivity index (χ0) is 41.6. The minimum atomic E-state index is -0.625. The van der Waals surface area contributed by atoms with Gasteiger partial charge in [0.15, 0.2) is 0 Å². The molecule has 0 heterocycles. The normalized spacial score (nSPS) is 42.4. The fourth-order valence-electron chi connectivity index (χ4n) is 14.2. The highest BCUT2D eigenvalue weighted by Gasteiger charge is 2.62. The molecule has 6 unspecified atom stereocenters. The predicted octanol–water partition coefficient (Wildman–Crippen LogP) is 6.39. The monoisotopic (exact) mass is 818 g/mol. The lowest BCUT2D eigenvalue weighted by atomic mass is 9.52. The van der Waals surface area contributed by atoms with Gasteiger partial charge in [0, 0.05) is 39.0 Å². The maximum atomic E-state index is 11.5. The van der Waals surface area contributed by atoms with E-state index < -0.39 is 23.5 Å². The highest BCUT2D eigenvalue weighted by atomic mass is 16.7. The summed E-state index contributed by atoms with van der Waals surface area (Å²) >= 11 is 0. The summed E-state index contributed by atoms with van der Waals surface area (Å²) in [6.07, 6.45) is 14.0. The molecule has 0 N–H and O–H groups in total. The van der Waals surface area contributed by atoms with Gasteiger partial charge >= 0.3 is 36.2 Å². The van der Waals surface area contributed by atoms with Crippen LogP contribution >= 0.6 is 0 Å². The first kappa shape index (κ1) is 42.5. The fourth-order valence-corrected chi connectivity index (χ4v) is 14.2. The second-order valence-electron chi connectivity index (χ2n) is 19.4. The zero-order valence-electron chi connectivity index (χ0n) is 34.9. The number of carbonyl (C=O) groups is 6. The van der Waals surface area contributed by atoms with E-state index in [0.29, 0.717) is 53.8 Å². The number of carbonyl (C=O) groups excluding carboxylic acids is 6. The molecular formula is C43H62O15. The molecule has 12 aliphatic rings. The molecule has 15 heteroatoms. The molecule has 12 fully saturated rings. The molecule has 0 aliphatic heterocycles. The number of hydrogen-bond acceptors (Lipinski definition) is 15. The molecule has 12 rings (SSSR count). The van der Waals surface area contributed by atoms with Gasteiger partial charge in [-0.25, -0.2) is 14.4 Å². The van der Waals surface area contributed by atoms with Crippen LogP contribution < -0.4 is 0 Å². The smallest absolute Gasteiger partial charge is 0.467 e. The molecule has 0 aromatic carbocycles. The Kier molecular flexibility index (Phi) is 12.0. The first-order valence-corrected chi connectivity index (χ1v) is 21.3. The van der Waals surface area contributed by atoms with Crippen LogP contribution in [-0.2, 0) is 61.8 Å². The van der Waals surface area contributed by atoms with E-state index in [-0.39, 0.29) is 53.9 Å². The standard InChI is InChI=1S/C15H22O5.2C14H20O5/c1-9(16)20-14-11-3-10-4-12(14)7-15(5-10,6-11)19-8-13(17)18-2;1-9(15)18-13-4-10-3-11(5-13)7-14(6-10,8-13)19-12(16)17-2;1-8(15)18-12-10-3-9-4-11(12)7-14(5-9,6-10)19-13(16)17-2/h10-12,14H,3-8H2,1-2H3;10-11H,3-8H2,1-2H3;9-12H,3-7H2,1-2H3. The highest BCUT2D eigenvalue weighted by Crippen LogP contribution is 2.61. The van der Waals surface area contributed by atoms with E-state index in [1.807, 2.05) is 0 Å². The van der Waals surface area contributed by atoms with Gasteiger partial charge in [-0.1, -0.05) is 0 Å². The predicted molar refractivity (Wildman–Crippen MR) is 201 cm³/mol. The molecule has 12 bridgehead atoms. The highest BCUT2D eigenvalue weighted by molar-refractivity contribution is 5.70. The minimum Gasteiger partial charge on any atom is -0.467 e. The summed E-state index contributed by atoms with van der Waals surface area (Å²) in [5.41, 5.74) is -1.46. The lowest BCUT2D eigenvalue weighted by Crippen LogP contribution is -2.61. The van der Waals surface area contributed by atoms with Gasteiger partial charge in [-0.2, -0.15) is 0 Å². The van der Waals surface area contributed by atoms with Crippen LogP contribution in [0.25, 0.3) is 0 Å². The Labute approximate surface area is 340 Å². The molecule has 324 valence electrons. The van der Waals surface area contributed by atoms with Crippen LogP contribution in [0.2, 0.25) is 0 Å². The molecule has 15 nitrogen and oxygen atoms in total. The number of ether oxygens (including phenoxy) is 9. The van der Waals surface area contributed by atoms with Crippen molar-refractivity contribution in [3.05, 3.63) is 0 Å². The van der Waals surface area contributed by atoms with Crippen molar-refractivity contribution in [2.75, 3.05) is 27.9 Å². The van der Waals surface area contributed by atoms with E-state index in [9.17, 15) is 28.8 Å². The van der Waals surface area contributed by atoms with Crippen molar-refractivity contribution in [2.24, 2.45) is 47.3 Å². The third kappa shape index (κ3) is 9.08. The fraction of sp³-hybridized carbons (Fsp3) is 0.860. The molecule has 0 radical (unpaired) electrons. The van der Waals surface area contributed by atoms with Gasteiger partial charge in [-0.3, -0.25) is 14.4 Å². The minimum absolute atomic E-state index is 0.0171. The van der Waals surface area contributed by atoms with Gasteiger partial charge in [-0.15, -0.1) is 0 Å². The molecule has 0 aromatic heterocycles. The summed E-state index contributed by atoms with van der Waals surface area (Å²) in [5.74, 6) is 2.71. The van der Waals surface area contributed by atoms with Crippen molar-refractivity contribution in [1.82, 2.24) is 0 Å². The Morgan fingerprint density at radius 2 is 0.845 bits per heavy atom. The Hall–Kier alpha value is -3.62. The lowest BCUT2D eigenvalue weighted by molar-refractivity contribution is -0.221. The Bertz CT molecular complexity index is 1560. The quantitative estimate of drug-likeness (QED) is 0.194. The second-order valence-corrected chi connectivity index (χ2v) is 19.4. The summed E-state index contributed by atoms with van der Waals surface area (Å²) in [7, 11) is 4.04. The second kappa shape index (κ2) is 16.4. The molecule has 12 aliphatic carbocycles. The summed E-state index contributed by atoms with van der Waals surface area (Å²) in [4.78, 5) is 68.0. The van der Waals surface area contributed by atoms with Gasteiger partial charge in [0.05, 0.1) is 26.9 Å². The largest absolute Gasteiger partial charge is 0.508 e. The van der Waals surface area contributed by atoms with E-state index >= 15 is 0 Å². The van der Waals surface area contributed by atoms with Crippen LogP contribution in [0.15, 0.2) is 0 Å². The van der Waals surface area contributed by atoms with Gasteiger partial charge < -0.3 is 42.6 Å². The van der Waals surface area contributed by atoms with Crippen LogP contribution in [0.5, 0.6) is 0 Å². The third-order valence-electron chi connectivity index (χ3n) is 14.8. The topological polar surface area (TPSA) is 185 Å². The SMILES string of the molecule is COC(=O)COC12CC3CC(C1)C(OC(C)=O)C(C3)C2.COC(=O)OC12CC3CC(C1)C(OC(C)=O)C(C3)C2.COC(=O)OC12CC3CC(CC(OC(C)=O)(C3)C1)C2. The Morgan fingerprint density at radius 1 is 0.448 bits per heavy atom. The first-order chi connectivity index (χ1) is 27.5. The van der Waals surface area contributed by atoms with E-state index in [1.54, 1.807) is 0 Å². The van der Waals surface area contributed by atoms with Crippen molar-refractivity contribution in [3.8, 4) is 0 Å². The molecule has 0 aromatic rings. The molecule has 0 amide bonds. The first-order valence-electron chi connectivity index (χ1n) is 21.3. The zero-order valence-corrected chi connectivity index (χ0v) is 34.9. The van der Waals surface area contributed by atoms with Gasteiger partial charge in [0.25, 0.3) is 0 Å². The van der Waals surface area contributed by atoms with Crippen LogP contribution in [0.3, 0.4) is 0 Å². The molecular weight excluding hydrogens is 756 g/mol. The average molecular weight is 819 g/mol. The van der Waals surface area contributed by atoms with Crippen LogP contribution in [-0.4, -0.2) is 98.7 Å². The number of rotatable bonds is 8. The van der Waals surface area contributed by atoms with E-state index in [0.717, 1.165) is 96.3 Å². The maximum absolute atomic E-state index is 11.5. The van der Waals surface area contributed by atoms with Crippen molar-refractivity contribution in [3.63, 3.8) is 0 Å². The molecule has 0 spiro atoms. The Balaban J connectivity index is 0.000000132. The molecule has 12 saturated carbocycles. The van der Waals surface area contributed by atoms with E-state index in [2.05, 4.69) is 14.2 Å². The molecule has 58 heavy (non-hydrogen) atoms. The molecule has 6 atom stereocenters. The lowest BCUT2D eigenvalue weighted by Gasteiger charge is -2.59. The van der Waals surface area contributed by atoms with Gasteiger partial charge in [0.1, 0.15) is 35.6 Å². The Morgan fingerprint density at radius 3 is 1.26 bits per heavy atom. The van der Waals surface area contributed by atoms with E-state index in [4.69, 9.17) is 28.4 Å². The summed E-state index contributed by atoms with van der Waals surface area (Å²) in [5, 5.41) is 0. The van der Waals surface area contributed by atoms with Gasteiger partial charge in [0.2, 0.25) is 0 Å². The average Bonchev–Trinajstić information content (AvgIpc) is 3.12. The van der Waals surface area contributed by atoms with E-state index in [1.165, 1.54) is 42.1 Å². The number of hydrogen-bond donors (Lipinski definition) is 0. The van der Waals surface area contributed by atoms with Crippen LogP contribution in [0.1, 0.15) is 124 Å². The van der Waals surface area contributed by atoms with Crippen molar-refractivity contribution in [2.45, 2.75) is 158 Å². The van der Waals surface area contributed by atoms with Gasteiger partial charge in [-0.05, 0) is 132 Å². The number of esters is 4.